The van der Waals surface area contributed by atoms with E-state index in [1.807, 2.05) is 21.1 Å². The van der Waals surface area contributed by atoms with Crippen molar-refractivity contribution in [2.45, 2.75) is 290 Å². The van der Waals surface area contributed by atoms with Gasteiger partial charge in [-0.05, 0) is 83.5 Å². The van der Waals surface area contributed by atoms with Crippen LogP contribution < -0.4 is 0 Å². The Balaban J connectivity index is 4.09. The molecule has 0 aliphatic carbocycles. The molecule has 0 fully saturated rings. The quantitative estimate of drug-likeness (QED) is 0.0211. The zero-order valence-electron chi connectivity index (χ0n) is 50.2. The molecule has 76 heavy (non-hydrogen) atoms. The van der Waals surface area contributed by atoms with Crippen molar-refractivity contribution in [3.63, 3.8) is 0 Å². The first-order chi connectivity index (χ1) is 37.0. The highest BCUT2D eigenvalue weighted by atomic mass is 31.2. The molecule has 0 aromatic rings. The third-order valence-corrected chi connectivity index (χ3v) is 14.7. The van der Waals surface area contributed by atoms with E-state index < -0.39 is 26.5 Å². The third kappa shape index (κ3) is 60.7. The van der Waals surface area contributed by atoms with Crippen LogP contribution in [0.3, 0.4) is 0 Å². The number of rotatable bonds is 58. The number of phosphoric ester groups is 1. The molecule has 1 N–H and O–H groups in total. The van der Waals surface area contributed by atoms with Crippen molar-refractivity contribution in [2.75, 3.05) is 47.5 Å². The number of phosphoric acid groups is 1. The second-order valence-electron chi connectivity index (χ2n) is 22.4. The fraction of sp³-hybridized carbons (Fsp3) is 0.788. The number of hydrogen-bond acceptors (Lipinski definition) is 7. The van der Waals surface area contributed by atoms with Crippen LogP contribution in [0.15, 0.2) is 72.9 Å². The Hall–Kier alpha value is -2.55. The lowest BCUT2D eigenvalue weighted by atomic mass is 10.0. The maximum absolute atomic E-state index is 12.8. The van der Waals surface area contributed by atoms with Crippen molar-refractivity contribution in [2.24, 2.45) is 0 Å². The van der Waals surface area contributed by atoms with Crippen molar-refractivity contribution in [3.05, 3.63) is 72.9 Å². The summed E-state index contributed by atoms with van der Waals surface area (Å²) in [5.41, 5.74) is 0. The number of unbranched alkanes of at least 4 members (excludes halogenated alkanes) is 32. The van der Waals surface area contributed by atoms with Crippen LogP contribution in [-0.4, -0.2) is 74.9 Å². The van der Waals surface area contributed by atoms with Gasteiger partial charge in [0.15, 0.2) is 6.10 Å². The van der Waals surface area contributed by atoms with Crippen LogP contribution in [0.1, 0.15) is 284 Å². The predicted molar refractivity (Wildman–Crippen MR) is 326 cm³/mol. The summed E-state index contributed by atoms with van der Waals surface area (Å²) >= 11 is 0. The van der Waals surface area contributed by atoms with Crippen LogP contribution in [0.25, 0.3) is 0 Å². The average Bonchev–Trinajstić information content (AvgIpc) is 3.38. The first-order valence-electron chi connectivity index (χ1n) is 31.7. The molecule has 0 spiro atoms. The maximum Gasteiger partial charge on any atom is 0.472 e. The van der Waals surface area contributed by atoms with Gasteiger partial charge in [0.25, 0.3) is 0 Å². The molecule has 0 radical (unpaired) electrons. The van der Waals surface area contributed by atoms with Crippen LogP contribution in [0.4, 0.5) is 0 Å². The van der Waals surface area contributed by atoms with Crippen molar-refractivity contribution in [3.8, 4) is 0 Å². The highest BCUT2D eigenvalue weighted by Crippen LogP contribution is 2.43. The van der Waals surface area contributed by atoms with Gasteiger partial charge in [-0.15, -0.1) is 0 Å². The van der Waals surface area contributed by atoms with Gasteiger partial charge < -0.3 is 18.9 Å². The summed E-state index contributed by atoms with van der Waals surface area (Å²) in [4.78, 5) is 35.8. The Morgan fingerprint density at radius 2 is 0.750 bits per heavy atom. The summed E-state index contributed by atoms with van der Waals surface area (Å²) in [5.74, 6) is -0.791. The molecule has 2 unspecified atom stereocenters. The predicted octanol–water partition coefficient (Wildman–Crippen LogP) is 20.0. The zero-order chi connectivity index (χ0) is 55.6. The Labute approximate surface area is 469 Å². The molecule has 0 aromatic carbocycles. The lowest BCUT2D eigenvalue weighted by Crippen LogP contribution is -2.37. The Kier molecular flexibility index (Phi) is 55.2. The number of carbonyl (C=O) groups is 2. The summed E-state index contributed by atoms with van der Waals surface area (Å²) in [6.07, 6.45) is 75.5. The molecule has 0 heterocycles. The molecule has 0 aliphatic heterocycles. The summed E-state index contributed by atoms with van der Waals surface area (Å²) in [6, 6.07) is 0. The molecule has 0 saturated carbocycles. The van der Waals surface area contributed by atoms with Crippen LogP contribution in [0.5, 0.6) is 0 Å². The van der Waals surface area contributed by atoms with Crippen LogP contribution >= 0.6 is 7.82 Å². The van der Waals surface area contributed by atoms with Crippen molar-refractivity contribution < 1.29 is 42.1 Å². The minimum Gasteiger partial charge on any atom is -0.462 e. The van der Waals surface area contributed by atoms with Crippen molar-refractivity contribution >= 4 is 19.8 Å². The molecule has 0 aromatic heterocycles. The number of esters is 2. The normalized spacial score (nSPS) is 13.7. The number of nitrogens with zero attached hydrogens (tertiary/aromatic N) is 1. The van der Waals surface area contributed by atoms with Gasteiger partial charge in [-0.2, -0.15) is 0 Å². The van der Waals surface area contributed by atoms with E-state index in [4.69, 9.17) is 18.5 Å². The number of quaternary nitrogens is 1. The second-order valence-corrected chi connectivity index (χ2v) is 23.9. The highest BCUT2D eigenvalue weighted by Gasteiger charge is 2.27. The molecule has 2 atom stereocenters. The van der Waals surface area contributed by atoms with E-state index in [-0.39, 0.29) is 32.0 Å². The SMILES string of the molecule is CC/C=C\C/C=C\C/C=C\C/C=C\C/C=C\CCCCCCCCCCCCCCCCCC(=O)OC(COC(=O)CCCCCCCCCCC/C=C\CCCCCCCCCC)COP(=O)(O)OCC[N+](C)(C)C. The molecule has 0 aliphatic rings. The van der Waals surface area contributed by atoms with Gasteiger partial charge in [0, 0.05) is 12.8 Å². The van der Waals surface area contributed by atoms with Crippen molar-refractivity contribution in [1.82, 2.24) is 0 Å². The molecule has 10 heteroatoms. The minimum absolute atomic E-state index is 0.0305. The van der Waals surface area contributed by atoms with E-state index in [2.05, 4.69) is 86.8 Å². The minimum atomic E-state index is -4.39. The smallest absolute Gasteiger partial charge is 0.462 e. The topological polar surface area (TPSA) is 108 Å². The maximum atomic E-state index is 12.8. The second kappa shape index (κ2) is 57.1. The number of hydrogen-bond donors (Lipinski definition) is 1. The Morgan fingerprint density at radius 3 is 1.13 bits per heavy atom. The van der Waals surface area contributed by atoms with Gasteiger partial charge in [0.2, 0.25) is 0 Å². The standard InChI is InChI=1S/C66H120NO8P/c1-6-8-10-12-14-16-18-20-22-24-26-28-29-30-31-32-33-34-35-36-37-39-41-43-45-47-49-51-53-55-57-59-66(69)75-64(63-74-76(70,71)73-61-60-67(3,4)5)62-72-65(68)58-56-54-52-50-48-46-44-42-40-38-27-25-23-21-19-17-15-13-11-9-7-2/h8,10,14,16,20,22,25-28,30-31,64H,6-7,9,11-13,15,17-19,21,23-24,29,32-63H2,1-5H3/p+1/b10-8-,16-14-,22-20-,27-25-,28-26-,31-30-. The molecular formula is C66H121NO8P+. The third-order valence-electron chi connectivity index (χ3n) is 13.7. The van der Waals surface area contributed by atoms with E-state index in [9.17, 15) is 19.0 Å². The molecule has 9 nitrogen and oxygen atoms in total. The molecular weight excluding hydrogens is 966 g/mol. The van der Waals surface area contributed by atoms with Crippen LogP contribution in [-0.2, 0) is 32.7 Å². The van der Waals surface area contributed by atoms with E-state index in [0.717, 1.165) is 64.2 Å². The molecule has 0 amide bonds. The zero-order valence-corrected chi connectivity index (χ0v) is 51.1. The van der Waals surface area contributed by atoms with Crippen LogP contribution in [0.2, 0.25) is 0 Å². The van der Waals surface area contributed by atoms with E-state index in [1.54, 1.807) is 0 Å². The Morgan fingerprint density at radius 1 is 0.421 bits per heavy atom. The molecule has 0 bridgehead atoms. The molecule has 442 valence electrons. The summed E-state index contributed by atoms with van der Waals surface area (Å²) < 4.78 is 34.6. The first-order valence-corrected chi connectivity index (χ1v) is 33.2. The molecule has 0 rings (SSSR count). The van der Waals surface area contributed by atoms with Gasteiger partial charge in [0.05, 0.1) is 27.7 Å². The monoisotopic (exact) mass is 1090 g/mol. The number of carbonyl (C=O) groups excluding carboxylic acids is 2. The Bertz CT molecular complexity index is 1510. The summed E-state index contributed by atoms with van der Waals surface area (Å²) in [7, 11) is 1.48. The van der Waals surface area contributed by atoms with E-state index in [0.29, 0.717) is 17.4 Å². The number of allylic oxidation sites excluding steroid dienone is 12. The summed E-state index contributed by atoms with van der Waals surface area (Å²) in [5, 5.41) is 0. The number of ether oxygens (including phenoxy) is 2. The lowest BCUT2D eigenvalue weighted by molar-refractivity contribution is -0.870. The fourth-order valence-corrected chi connectivity index (χ4v) is 9.60. The fourth-order valence-electron chi connectivity index (χ4n) is 8.86. The number of likely N-dealkylation sites (N-methyl/N-ethyl adjacent to an activating group) is 1. The first kappa shape index (κ1) is 73.5. The van der Waals surface area contributed by atoms with Gasteiger partial charge in [0.1, 0.15) is 19.8 Å². The lowest BCUT2D eigenvalue weighted by Gasteiger charge is -2.24. The van der Waals surface area contributed by atoms with E-state index in [1.165, 1.54) is 186 Å². The summed E-state index contributed by atoms with van der Waals surface area (Å²) in [6.45, 7) is 4.35. The van der Waals surface area contributed by atoms with Gasteiger partial charge in [-0.1, -0.05) is 260 Å². The van der Waals surface area contributed by atoms with Crippen molar-refractivity contribution in [1.29, 1.82) is 0 Å². The molecule has 0 saturated heterocycles. The van der Waals surface area contributed by atoms with Crippen LogP contribution in [0, 0.1) is 0 Å². The largest absolute Gasteiger partial charge is 0.472 e. The van der Waals surface area contributed by atoms with Gasteiger partial charge in [-0.25, -0.2) is 4.57 Å². The van der Waals surface area contributed by atoms with Gasteiger partial charge >= 0.3 is 19.8 Å². The van der Waals surface area contributed by atoms with Gasteiger partial charge in [-0.3, -0.25) is 18.6 Å². The average molecular weight is 1090 g/mol. The highest BCUT2D eigenvalue weighted by molar-refractivity contribution is 7.47. The van der Waals surface area contributed by atoms with E-state index >= 15 is 0 Å².